The third-order valence-corrected chi connectivity index (χ3v) is 6.08. The molecule has 8 heteroatoms. The maximum absolute atomic E-state index is 12.5. The van der Waals surface area contributed by atoms with Gasteiger partial charge in [0.05, 0.1) is 0 Å². The molecular formula is C13H24N2O5S. The van der Waals surface area contributed by atoms with Crippen molar-refractivity contribution < 1.29 is 23.1 Å². The Hall–Kier alpha value is -0.700. The van der Waals surface area contributed by atoms with Crippen molar-refractivity contribution in [3.8, 4) is 0 Å². The molecule has 0 spiro atoms. The van der Waals surface area contributed by atoms with Crippen molar-refractivity contribution in [1.82, 2.24) is 9.03 Å². The van der Waals surface area contributed by atoms with Crippen molar-refractivity contribution in [1.29, 1.82) is 0 Å². The molecule has 0 aromatic rings. The molecule has 2 aliphatic heterocycles. The lowest BCUT2D eigenvalue weighted by Gasteiger charge is -2.34. The zero-order valence-corrected chi connectivity index (χ0v) is 13.1. The first-order valence-electron chi connectivity index (χ1n) is 7.51. The summed E-state index contributed by atoms with van der Waals surface area (Å²) in [5, 5.41) is 9.20. The molecule has 7 nitrogen and oxygen atoms in total. The van der Waals surface area contributed by atoms with Gasteiger partial charge in [0.2, 0.25) is 0 Å². The van der Waals surface area contributed by atoms with Crippen molar-refractivity contribution in [2.75, 3.05) is 19.8 Å². The van der Waals surface area contributed by atoms with Crippen LogP contribution in [0, 0.1) is 5.92 Å². The van der Waals surface area contributed by atoms with Gasteiger partial charge in [-0.3, -0.25) is 4.79 Å². The highest BCUT2D eigenvalue weighted by Gasteiger charge is 2.38. The Balaban J connectivity index is 2.03. The minimum Gasteiger partial charge on any atom is -0.480 e. The van der Waals surface area contributed by atoms with Gasteiger partial charge in [-0.25, -0.2) is 0 Å². The predicted molar refractivity (Wildman–Crippen MR) is 77.0 cm³/mol. The van der Waals surface area contributed by atoms with Crippen molar-refractivity contribution in [2.45, 2.75) is 51.1 Å². The molecule has 2 rings (SSSR count). The third kappa shape index (κ3) is 4.15. The van der Waals surface area contributed by atoms with Crippen LogP contribution < -0.4 is 4.72 Å². The highest BCUT2D eigenvalue weighted by Crippen LogP contribution is 2.23. The Kier molecular flexibility index (Phi) is 5.59. The molecule has 0 amide bonds. The smallest absolute Gasteiger partial charge is 0.322 e. The van der Waals surface area contributed by atoms with Crippen LogP contribution in [-0.4, -0.2) is 55.6 Å². The first-order chi connectivity index (χ1) is 9.92. The summed E-state index contributed by atoms with van der Waals surface area (Å²) < 4.78 is 34.0. The minimum atomic E-state index is -3.76. The number of carboxylic acids is 1. The standard InChI is InChI=1S/C13H24N2O5S/c1-10(11-5-8-20-9-6-11)14-21(18,19)15-7-3-2-4-12(15)13(16)17/h10-12,14H,2-9H2,1H3,(H,16,17). The number of carbonyl (C=O) groups is 1. The van der Waals surface area contributed by atoms with Crippen LogP contribution in [0.15, 0.2) is 0 Å². The van der Waals surface area contributed by atoms with Crippen molar-refractivity contribution in [3.05, 3.63) is 0 Å². The van der Waals surface area contributed by atoms with E-state index in [0.717, 1.165) is 23.6 Å². The molecule has 0 saturated carbocycles. The normalized spacial score (nSPS) is 27.4. The summed E-state index contributed by atoms with van der Waals surface area (Å²) in [6, 6.07) is -1.16. The van der Waals surface area contributed by atoms with E-state index >= 15 is 0 Å². The highest BCUT2D eigenvalue weighted by atomic mass is 32.2. The summed E-state index contributed by atoms with van der Waals surface area (Å²) in [6.45, 7) is 3.41. The third-order valence-electron chi connectivity index (χ3n) is 4.36. The van der Waals surface area contributed by atoms with Crippen LogP contribution in [0.2, 0.25) is 0 Å². The van der Waals surface area contributed by atoms with Gasteiger partial charge in [-0.15, -0.1) is 0 Å². The maximum atomic E-state index is 12.5. The second-order valence-corrected chi connectivity index (χ2v) is 7.48. The number of hydrogen-bond acceptors (Lipinski definition) is 4. The molecule has 0 aliphatic carbocycles. The van der Waals surface area contributed by atoms with Gasteiger partial charge in [-0.1, -0.05) is 0 Å². The van der Waals surface area contributed by atoms with E-state index in [1.54, 1.807) is 0 Å². The zero-order chi connectivity index (χ0) is 15.5. The Labute approximate surface area is 125 Å². The fourth-order valence-electron chi connectivity index (χ4n) is 3.05. The molecule has 2 N–H and O–H groups in total. The van der Waals surface area contributed by atoms with Crippen LogP contribution in [0.25, 0.3) is 0 Å². The fraction of sp³-hybridized carbons (Fsp3) is 0.923. The van der Waals surface area contributed by atoms with Crippen LogP contribution in [0.3, 0.4) is 0 Å². The Morgan fingerprint density at radius 3 is 2.57 bits per heavy atom. The second-order valence-electron chi connectivity index (χ2n) is 5.82. The summed E-state index contributed by atoms with van der Waals surface area (Å²) in [4.78, 5) is 11.2. The number of piperidine rings is 1. The van der Waals surface area contributed by atoms with Gasteiger partial charge in [-0.05, 0) is 44.9 Å². The second kappa shape index (κ2) is 7.04. The Morgan fingerprint density at radius 1 is 1.29 bits per heavy atom. The molecular weight excluding hydrogens is 296 g/mol. The molecule has 2 heterocycles. The van der Waals surface area contributed by atoms with Crippen LogP contribution in [0.5, 0.6) is 0 Å². The Morgan fingerprint density at radius 2 is 1.95 bits per heavy atom. The number of carboxylic acid groups (broad SMARTS) is 1. The number of hydrogen-bond donors (Lipinski definition) is 2. The molecule has 21 heavy (non-hydrogen) atoms. The number of aliphatic carboxylic acids is 1. The van der Waals surface area contributed by atoms with Gasteiger partial charge in [-0.2, -0.15) is 17.4 Å². The van der Waals surface area contributed by atoms with Crippen molar-refractivity contribution in [2.24, 2.45) is 5.92 Å². The number of nitrogens with one attached hydrogen (secondary N) is 1. The number of nitrogens with zero attached hydrogens (tertiary/aromatic N) is 1. The van der Waals surface area contributed by atoms with E-state index in [1.807, 2.05) is 6.92 Å². The summed E-state index contributed by atoms with van der Waals surface area (Å²) in [5.74, 6) is -0.833. The van der Waals surface area contributed by atoms with E-state index in [0.29, 0.717) is 26.1 Å². The van der Waals surface area contributed by atoms with Crippen molar-refractivity contribution >= 4 is 16.2 Å². The fourth-order valence-corrected chi connectivity index (χ4v) is 4.75. The molecule has 2 unspecified atom stereocenters. The van der Waals surface area contributed by atoms with Crippen LogP contribution >= 0.6 is 0 Å². The first kappa shape index (κ1) is 16.7. The first-order valence-corrected chi connectivity index (χ1v) is 8.95. The summed E-state index contributed by atoms with van der Waals surface area (Å²) in [5.41, 5.74) is 0. The lowest BCUT2D eigenvalue weighted by atomic mass is 9.94. The van der Waals surface area contributed by atoms with E-state index in [2.05, 4.69) is 4.72 Å². The Bertz CT molecular complexity index is 461. The van der Waals surface area contributed by atoms with E-state index in [-0.39, 0.29) is 18.5 Å². The molecule has 2 fully saturated rings. The zero-order valence-electron chi connectivity index (χ0n) is 12.3. The molecule has 0 aromatic heterocycles. The minimum absolute atomic E-state index is 0.213. The van der Waals surface area contributed by atoms with Gasteiger partial charge < -0.3 is 9.84 Å². The molecule has 0 aromatic carbocycles. The average Bonchev–Trinajstić information content (AvgIpc) is 2.47. The lowest BCUT2D eigenvalue weighted by Crippen LogP contribution is -2.54. The van der Waals surface area contributed by atoms with Gasteiger partial charge in [0.1, 0.15) is 6.04 Å². The largest absolute Gasteiger partial charge is 0.480 e. The topological polar surface area (TPSA) is 95.9 Å². The van der Waals surface area contributed by atoms with E-state index in [9.17, 15) is 18.3 Å². The molecule has 2 saturated heterocycles. The highest BCUT2D eigenvalue weighted by molar-refractivity contribution is 7.87. The van der Waals surface area contributed by atoms with Crippen molar-refractivity contribution in [3.63, 3.8) is 0 Å². The molecule has 2 atom stereocenters. The van der Waals surface area contributed by atoms with Gasteiger partial charge in [0.15, 0.2) is 0 Å². The molecule has 0 radical (unpaired) electrons. The summed E-state index contributed by atoms with van der Waals surface area (Å²) in [7, 11) is -3.76. The summed E-state index contributed by atoms with van der Waals surface area (Å²) in [6.07, 6.45) is 3.48. The van der Waals surface area contributed by atoms with E-state index in [4.69, 9.17) is 4.74 Å². The van der Waals surface area contributed by atoms with Gasteiger partial charge >= 0.3 is 5.97 Å². The van der Waals surface area contributed by atoms with Crippen LogP contribution in [0.4, 0.5) is 0 Å². The quantitative estimate of drug-likeness (QED) is 0.772. The molecule has 2 aliphatic rings. The van der Waals surface area contributed by atoms with Gasteiger partial charge in [0, 0.05) is 25.8 Å². The van der Waals surface area contributed by atoms with Gasteiger partial charge in [0.25, 0.3) is 10.2 Å². The average molecular weight is 320 g/mol. The SMILES string of the molecule is CC(NS(=O)(=O)N1CCCCC1C(=O)O)C1CCOCC1. The monoisotopic (exact) mass is 320 g/mol. The molecule has 122 valence electrons. The summed E-state index contributed by atoms with van der Waals surface area (Å²) >= 11 is 0. The predicted octanol–water partition coefficient (Wildman–Crippen LogP) is 0.575. The number of rotatable bonds is 5. The maximum Gasteiger partial charge on any atom is 0.322 e. The lowest BCUT2D eigenvalue weighted by molar-refractivity contribution is -0.142. The van der Waals surface area contributed by atoms with Crippen LogP contribution in [0.1, 0.15) is 39.0 Å². The van der Waals surface area contributed by atoms with E-state index < -0.39 is 22.2 Å². The van der Waals surface area contributed by atoms with Crippen LogP contribution in [-0.2, 0) is 19.7 Å². The number of ether oxygens (including phenoxy) is 1. The molecule has 0 bridgehead atoms. The van der Waals surface area contributed by atoms with E-state index in [1.165, 1.54) is 0 Å².